The molecule has 0 bridgehead atoms. The lowest BCUT2D eigenvalue weighted by molar-refractivity contribution is 0.370. The molecule has 0 amide bonds. The van der Waals surface area contributed by atoms with E-state index in [-0.39, 0.29) is 28.3 Å². The van der Waals surface area contributed by atoms with E-state index >= 15 is 0 Å². The van der Waals surface area contributed by atoms with Crippen LogP contribution in [0.3, 0.4) is 0 Å². The topological polar surface area (TPSA) is 82.9 Å². The van der Waals surface area contributed by atoms with E-state index in [2.05, 4.69) is 26.1 Å². The summed E-state index contributed by atoms with van der Waals surface area (Å²) in [4.78, 5) is 30.5. The quantitative estimate of drug-likeness (QED) is 0.370. The standard InChI is InChI=1S/C21H12BrFN4O3S/c22-14-10-12(6-7-15(14)23)19-24-17(30-25-19)11-26-16-8-9-31-18(16)20(28)27(21(26)29)13-4-2-1-3-5-13/h1-10H,11H2. The first-order valence-electron chi connectivity index (χ1n) is 9.09. The summed E-state index contributed by atoms with van der Waals surface area (Å²) in [5.74, 6) is 0.0482. The molecule has 31 heavy (non-hydrogen) atoms. The molecule has 5 aromatic rings. The monoisotopic (exact) mass is 498 g/mol. The van der Waals surface area contributed by atoms with Crippen LogP contribution in [-0.4, -0.2) is 19.3 Å². The van der Waals surface area contributed by atoms with Crippen LogP contribution in [0, 0.1) is 5.82 Å². The Morgan fingerprint density at radius 2 is 1.90 bits per heavy atom. The summed E-state index contributed by atoms with van der Waals surface area (Å²) >= 11 is 4.40. The highest BCUT2D eigenvalue weighted by Crippen LogP contribution is 2.24. The maximum absolute atomic E-state index is 13.5. The number of thiophene rings is 1. The number of fused-ring (bicyclic) bond motifs is 1. The second-order valence-electron chi connectivity index (χ2n) is 6.62. The van der Waals surface area contributed by atoms with Crippen molar-refractivity contribution in [1.29, 1.82) is 0 Å². The van der Waals surface area contributed by atoms with Gasteiger partial charge in [0, 0.05) is 5.56 Å². The minimum atomic E-state index is -0.508. The Morgan fingerprint density at radius 1 is 1.10 bits per heavy atom. The Kier molecular flexibility index (Phi) is 4.87. The number of nitrogens with zero attached hydrogens (tertiary/aromatic N) is 4. The zero-order valence-corrected chi connectivity index (χ0v) is 18.1. The zero-order valence-electron chi connectivity index (χ0n) is 15.7. The third-order valence-corrected chi connectivity index (χ3v) is 6.21. The number of aromatic nitrogens is 4. The lowest BCUT2D eigenvalue weighted by atomic mass is 10.2. The Labute approximate surface area is 186 Å². The number of rotatable bonds is 4. The lowest BCUT2D eigenvalue weighted by Crippen LogP contribution is -2.38. The van der Waals surface area contributed by atoms with Gasteiger partial charge in [-0.05, 0) is 57.7 Å². The molecule has 5 rings (SSSR count). The predicted octanol–water partition coefficient (Wildman–Crippen LogP) is 4.21. The van der Waals surface area contributed by atoms with Crippen LogP contribution in [0.2, 0.25) is 0 Å². The molecule has 0 unspecified atom stereocenters. The molecular formula is C21H12BrFN4O3S. The summed E-state index contributed by atoms with van der Waals surface area (Å²) < 4.78 is 22.1. The molecule has 0 saturated carbocycles. The summed E-state index contributed by atoms with van der Waals surface area (Å²) in [6.45, 7) is -0.0193. The molecule has 2 aromatic carbocycles. The van der Waals surface area contributed by atoms with Crippen molar-refractivity contribution in [2.45, 2.75) is 6.54 Å². The largest absolute Gasteiger partial charge is 0.337 e. The third-order valence-electron chi connectivity index (χ3n) is 4.71. The highest BCUT2D eigenvalue weighted by molar-refractivity contribution is 9.10. The molecule has 0 atom stereocenters. The minimum Gasteiger partial charge on any atom is -0.337 e. The van der Waals surface area contributed by atoms with Gasteiger partial charge in [-0.2, -0.15) is 4.98 Å². The molecule has 0 aliphatic heterocycles. The summed E-state index contributed by atoms with van der Waals surface area (Å²) in [7, 11) is 0. The molecule has 0 spiro atoms. The van der Waals surface area contributed by atoms with Crippen molar-refractivity contribution in [1.82, 2.24) is 19.3 Å². The van der Waals surface area contributed by atoms with Gasteiger partial charge in [0.05, 0.1) is 15.7 Å². The average molecular weight is 499 g/mol. The van der Waals surface area contributed by atoms with Crippen molar-refractivity contribution in [2.75, 3.05) is 0 Å². The molecule has 10 heteroatoms. The van der Waals surface area contributed by atoms with Crippen LogP contribution in [0.25, 0.3) is 27.3 Å². The molecule has 0 radical (unpaired) electrons. The number of hydrogen-bond acceptors (Lipinski definition) is 6. The molecule has 3 aromatic heterocycles. The van der Waals surface area contributed by atoms with Crippen molar-refractivity contribution < 1.29 is 8.91 Å². The molecule has 0 saturated heterocycles. The Balaban J connectivity index is 1.61. The smallest absolute Gasteiger partial charge is 0.336 e. The Hall–Kier alpha value is -3.37. The van der Waals surface area contributed by atoms with Crippen molar-refractivity contribution in [2.24, 2.45) is 0 Å². The van der Waals surface area contributed by atoms with Gasteiger partial charge in [0.25, 0.3) is 5.56 Å². The van der Waals surface area contributed by atoms with Crippen LogP contribution < -0.4 is 11.2 Å². The van der Waals surface area contributed by atoms with Gasteiger partial charge < -0.3 is 4.52 Å². The third kappa shape index (κ3) is 3.43. The average Bonchev–Trinajstić information content (AvgIpc) is 3.44. The fourth-order valence-electron chi connectivity index (χ4n) is 3.25. The zero-order chi connectivity index (χ0) is 21.5. The van der Waals surface area contributed by atoms with Crippen molar-refractivity contribution >= 4 is 37.5 Å². The van der Waals surface area contributed by atoms with Crippen molar-refractivity contribution in [3.8, 4) is 17.1 Å². The molecule has 0 N–H and O–H groups in total. The van der Waals surface area contributed by atoms with E-state index in [1.807, 2.05) is 6.07 Å². The van der Waals surface area contributed by atoms with Gasteiger partial charge in [-0.25, -0.2) is 13.8 Å². The number of benzene rings is 2. The van der Waals surface area contributed by atoms with Crippen LogP contribution >= 0.6 is 27.3 Å². The summed E-state index contributed by atoms with van der Waals surface area (Å²) in [5, 5.41) is 5.69. The van der Waals surface area contributed by atoms with Crippen LogP contribution in [0.1, 0.15) is 5.89 Å². The van der Waals surface area contributed by atoms with E-state index < -0.39 is 11.5 Å². The van der Waals surface area contributed by atoms with E-state index in [0.717, 1.165) is 4.57 Å². The highest BCUT2D eigenvalue weighted by Gasteiger charge is 2.18. The molecule has 3 heterocycles. The van der Waals surface area contributed by atoms with Gasteiger partial charge >= 0.3 is 5.69 Å². The van der Waals surface area contributed by atoms with E-state index in [1.54, 1.807) is 41.8 Å². The van der Waals surface area contributed by atoms with E-state index in [9.17, 15) is 14.0 Å². The molecular weight excluding hydrogens is 487 g/mol. The summed E-state index contributed by atoms with van der Waals surface area (Å²) in [6.07, 6.45) is 0. The van der Waals surface area contributed by atoms with E-state index in [4.69, 9.17) is 4.52 Å². The van der Waals surface area contributed by atoms with Gasteiger partial charge in [-0.15, -0.1) is 11.3 Å². The van der Waals surface area contributed by atoms with Gasteiger partial charge in [0.2, 0.25) is 11.7 Å². The first kappa shape index (κ1) is 19.6. The van der Waals surface area contributed by atoms with Gasteiger partial charge in [-0.1, -0.05) is 23.4 Å². The summed E-state index contributed by atoms with van der Waals surface area (Å²) in [6, 6.07) is 14.8. The molecule has 154 valence electrons. The minimum absolute atomic E-state index is 0.0193. The maximum atomic E-state index is 13.5. The number of hydrogen-bond donors (Lipinski definition) is 0. The van der Waals surface area contributed by atoms with Crippen molar-refractivity contribution in [3.05, 3.63) is 97.0 Å². The molecule has 0 fully saturated rings. The van der Waals surface area contributed by atoms with E-state index in [1.165, 1.54) is 28.0 Å². The highest BCUT2D eigenvalue weighted by atomic mass is 79.9. The Morgan fingerprint density at radius 3 is 2.68 bits per heavy atom. The van der Waals surface area contributed by atoms with Crippen LogP contribution in [0.5, 0.6) is 0 Å². The second-order valence-corrected chi connectivity index (χ2v) is 8.39. The summed E-state index contributed by atoms with van der Waals surface area (Å²) in [5.41, 5.74) is 0.650. The van der Waals surface area contributed by atoms with Gasteiger partial charge in [0.15, 0.2) is 0 Å². The Bertz CT molecular complexity index is 1540. The van der Waals surface area contributed by atoms with Crippen LogP contribution in [-0.2, 0) is 6.54 Å². The fraction of sp³-hybridized carbons (Fsp3) is 0.0476. The molecule has 0 aliphatic carbocycles. The van der Waals surface area contributed by atoms with Crippen LogP contribution in [0.4, 0.5) is 4.39 Å². The van der Waals surface area contributed by atoms with Crippen molar-refractivity contribution in [3.63, 3.8) is 0 Å². The fourth-order valence-corrected chi connectivity index (χ4v) is 4.45. The normalized spacial score (nSPS) is 11.3. The lowest BCUT2D eigenvalue weighted by Gasteiger charge is -2.10. The van der Waals surface area contributed by atoms with Gasteiger partial charge in [0.1, 0.15) is 17.1 Å². The van der Waals surface area contributed by atoms with Crippen LogP contribution in [0.15, 0.2) is 78.6 Å². The molecule has 7 nitrogen and oxygen atoms in total. The number of halogens is 2. The van der Waals surface area contributed by atoms with E-state index in [0.29, 0.717) is 21.5 Å². The maximum Gasteiger partial charge on any atom is 0.336 e. The SMILES string of the molecule is O=c1c2sccc2n(Cc2nc(-c3ccc(F)c(Br)c3)no2)c(=O)n1-c1ccccc1. The van der Waals surface area contributed by atoms with Gasteiger partial charge in [-0.3, -0.25) is 9.36 Å². The second kappa shape index (κ2) is 7.71. The predicted molar refractivity (Wildman–Crippen MR) is 118 cm³/mol. The molecule has 0 aliphatic rings. The number of para-hydroxylation sites is 1. The first-order valence-corrected chi connectivity index (χ1v) is 10.8. The first-order chi connectivity index (χ1) is 15.0.